The summed E-state index contributed by atoms with van der Waals surface area (Å²) in [6.07, 6.45) is 3.88. The molecule has 0 spiro atoms. The molecule has 6 rings (SSSR count). The third kappa shape index (κ3) is 8.34. The highest BCUT2D eigenvalue weighted by Crippen LogP contribution is 2.41. The Labute approximate surface area is 303 Å². The van der Waals surface area contributed by atoms with Crippen molar-refractivity contribution in [2.45, 2.75) is 19.9 Å². The Morgan fingerprint density at radius 3 is 2.61 bits per heavy atom. The smallest absolute Gasteiger partial charge is 0.266 e. The molecule has 4 aromatic carbocycles. The van der Waals surface area contributed by atoms with Gasteiger partial charge in [0.1, 0.15) is 17.3 Å². The lowest BCUT2D eigenvalue weighted by Gasteiger charge is -2.23. The Kier molecular flexibility index (Phi) is 10.6. The number of nitrogens with zero attached hydrogens (tertiary/aromatic N) is 3. The van der Waals surface area contributed by atoms with Crippen LogP contribution >= 0.6 is 23.2 Å². The van der Waals surface area contributed by atoms with Gasteiger partial charge in [-0.15, -0.1) is 0 Å². The predicted molar refractivity (Wildman–Crippen MR) is 191 cm³/mol. The first-order valence-electron chi connectivity index (χ1n) is 15.7. The van der Waals surface area contributed by atoms with Gasteiger partial charge in [-0.05, 0) is 61.9 Å². The summed E-state index contributed by atoms with van der Waals surface area (Å²) >= 11 is 12.6. The van der Waals surface area contributed by atoms with E-state index < -0.39 is 27.6 Å². The number of carbonyl (C=O) groups excluding carboxylic acids is 2. The standard InChI is InChI=1S/C36H31Cl2FN4O7S/c1-22-29(37)9-4-11-33(22)50-26-7-2-6-23(16-26)36(45)43-13-5-14-49-34-27(8-3-10-32(34)43)25-19-41-42(20-25)21-28-30(38)17-24(18-31(28)39)35(44)40-12-15-51(46,47)48/h2-4,6-11,16-20H,5,12-15,21H2,1H3,(H,40,44)(H,46,47,48). The molecule has 0 bridgehead atoms. The number of anilines is 1. The molecule has 264 valence electrons. The van der Waals surface area contributed by atoms with Crippen LogP contribution in [0.1, 0.15) is 38.3 Å². The minimum atomic E-state index is -4.27. The van der Waals surface area contributed by atoms with Crippen molar-refractivity contribution < 1.29 is 36.4 Å². The molecule has 2 N–H and O–H groups in total. The number of carbonyl (C=O) groups is 2. The van der Waals surface area contributed by atoms with Crippen LogP contribution in [0.3, 0.4) is 0 Å². The molecular weight excluding hydrogens is 722 g/mol. The summed E-state index contributed by atoms with van der Waals surface area (Å²) in [7, 11) is -4.27. The topological polar surface area (TPSA) is 140 Å². The number of para-hydroxylation sites is 1. The lowest BCUT2D eigenvalue weighted by molar-refractivity contribution is 0.0953. The molecule has 1 aromatic heterocycles. The van der Waals surface area contributed by atoms with Crippen molar-refractivity contribution in [3.8, 4) is 28.4 Å². The highest BCUT2D eigenvalue weighted by molar-refractivity contribution is 7.85. The highest BCUT2D eigenvalue weighted by Gasteiger charge is 2.26. The highest BCUT2D eigenvalue weighted by atomic mass is 35.5. The van der Waals surface area contributed by atoms with E-state index in [-0.39, 0.29) is 35.1 Å². The third-order valence-corrected chi connectivity index (χ3v) is 9.61. The number of nitrogens with one attached hydrogen (secondary N) is 1. The van der Waals surface area contributed by atoms with Crippen molar-refractivity contribution in [2.75, 3.05) is 30.3 Å². The van der Waals surface area contributed by atoms with Crippen LogP contribution in [-0.4, -0.2) is 60.0 Å². The van der Waals surface area contributed by atoms with Crippen LogP contribution in [0.15, 0.2) is 85.2 Å². The molecule has 0 radical (unpaired) electrons. The van der Waals surface area contributed by atoms with Crippen molar-refractivity contribution in [1.82, 2.24) is 15.1 Å². The molecule has 51 heavy (non-hydrogen) atoms. The van der Waals surface area contributed by atoms with Gasteiger partial charge in [-0.2, -0.15) is 13.5 Å². The van der Waals surface area contributed by atoms with Crippen molar-refractivity contribution >= 4 is 50.8 Å². The van der Waals surface area contributed by atoms with Crippen molar-refractivity contribution in [2.24, 2.45) is 0 Å². The number of hydrogen-bond acceptors (Lipinski definition) is 7. The van der Waals surface area contributed by atoms with Gasteiger partial charge in [-0.3, -0.25) is 18.8 Å². The first kappa shape index (κ1) is 35.9. The van der Waals surface area contributed by atoms with E-state index in [4.69, 9.17) is 37.2 Å². The first-order valence-corrected chi connectivity index (χ1v) is 18.1. The van der Waals surface area contributed by atoms with Gasteiger partial charge in [0.25, 0.3) is 21.9 Å². The van der Waals surface area contributed by atoms with E-state index in [9.17, 15) is 18.0 Å². The van der Waals surface area contributed by atoms with Crippen LogP contribution in [-0.2, 0) is 16.7 Å². The predicted octanol–water partition coefficient (Wildman–Crippen LogP) is 7.19. The van der Waals surface area contributed by atoms with Crippen molar-refractivity contribution in [3.63, 3.8) is 0 Å². The van der Waals surface area contributed by atoms with Gasteiger partial charge < -0.3 is 19.7 Å². The summed E-state index contributed by atoms with van der Waals surface area (Å²) < 4.78 is 59.6. The number of halogens is 3. The lowest BCUT2D eigenvalue weighted by atomic mass is 10.1. The molecule has 1 aliphatic rings. The molecule has 1 aliphatic heterocycles. The summed E-state index contributed by atoms with van der Waals surface area (Å²) in [5, 5.41) is 7.24. The maximum absolute atomic E-state index is 15.2. The Bertz CT molecular complexity index is 2220. The van der Waals surface area contributed by atoms with Crippen LogP contribution in [0, 0.1) is 12.7 Å². The van der Waals surface area contributed by atoms with Gasteiger partial charge in [0.15, 0.2) is 5.75 Å². The molecule has 0 saturated carbocycles. The Morgan fingerprint density at radius 1 is 1.04 bits per heavy atom. The fraction of sp³-hybridized carbons (Fsp3) is 0.194. The normalized spacial score (nSPS) is 12.8. The average Bonchev–Trinajstić information content (AvgIpc) is 3.45. The number of fused-ring (bicyclic) bond motifs is 1. The maximum atomic E-state index is 15.2. The zero-order chi connectivity index (χ0) is 36.3. The molecule has 2 amide bonds. The number of ether oxygens (including phenoxy) is 2. The number of aromatic nitrogens is 2. The van der Waals surface area contributed by atoms with E-state index in [2.05, 4.69) is 10.4 Å². The number of rotatable bonds is 10. The minimum absolute atomic E-state index is 0.0322. The molecule has 15 heteroatoms. The summed E-state index contributed by atoms with van der Waals surface area (Å²) in [5.41, 5.74) is 3.09. The Morgan fingerprint density at radius 2 is 1.82 bits per heavy atom. The molecule has 0 unspecified atom stereocenters. The molecule has 2 heterocycles. The van der Waals surface area contributed by atoms with E-state index in [1.807, 2.05) is 31.2 Å². The van der Waals surface area contributed by atoms with Crippen LogP contribution in [0.25, 0.3) is 11.1 Å². The molecule has 11 nitrogen and oxygen atoms in total. The monoisotopic (exact) mass is 752 g/mol. The van der Waals surface area contributed by atoms with Gasteiger partial charge in [-0.1, -0.05) is 47.5 Å². The zero-order valence-electron chi connectivity index (χ0n) is 27.1. The maximum Gasteiger partial charge on any atom is 0.266 e. The number of hydrogen-bond donors (Lipinski definition) is 2. The van der Waals surface area contributed by atoms with Crippen LogP contribution in [0.2, 0.25) is 10.0 Å². The van der Waals surface area contributed by atoms with Crippen LogP contribution in [0.5, 0.6) is 17.2 Å². The van der Waals surface area contributed by atoms with E-state index in [1.165, 1.54) is 10.7 Å². The fourth-order valence-corrected chi connectivity index (χ4v) is 6.34. The molecule has 0 atom stereocenters. The molecular formula is C36H31Cl2FN4O7S. The lowest BCUT2D eigenvalue weighted by Crippen LogP contribution is -2.31. The van der Waals surface area contributed by atoms with Crippen molar-refractivity contribution in [3.05, 3.63) is 123 Å². The van der Waals surface area contributed by atoms with Gasteiger partial charge in [-0.25, -0.2) is 4.39 Å². The van der Waals surface area contributed by atoms with E-state index in [0.717, 1.165) is 11.6 Å². The molecule has 5 aromatic rings. The fourth-order valence-electron chi connectivity index (χ4n) is 5.55. The Hall–Kier alpha value is -4.95. The number of amides is 2. The summed E-state index contributed by atoms with van der Waals surface area (Å²) in [5.74, 6) is -0.855. The van der Waals surface area contributed by atoms with E-state index >= 15 is 4.39 Å². The average molecular weight is 754 g/mol. The first-order chi connectivity index (χ1) is 24.4. The van der Waals surface area contributed by atoms with Gasteiger partial charge in [0.05, 0.1) is 30.8 Å². The van der Waals surface area contributed by atoms with Crippen molar-refractivity contribution in [1.29, 1.82) is 0 Å². The summed E-state index contributed by atoms with van der Waals surface area (Å²) in [6.45, 7) is 2.22. The van der Waals surface area contributed by atoms with E-state index in [0.29, 0.717) is 64.2 Å². The SMILES string of the molecule is Cc1c(Cl)cccc1Oc1cccc(C(=O)N2CCCOc3c(-c4cnn(Cc5c(F)cc(C(=O)NCCS(=O)(=O)O)cc5Cl)c4)cccc32)c1. The second-order valence-electron chi connectivity index (χ2n) is 11.7. The Balaban J connectivity index is 1.21. The minimum Gasteiger partial charge on any atom is -0.491 e. The summed E-state index contributed by atoms with van der Waals surface area (Å²) in [6, 6.07) is 20.1. The zero-order valence-corrected chi connectivity index (χ0v) is 29.4. The van der Waals surface area contributed by atoms with Gasteiger partial charge >= 0.3 is 0 Å². The molecule has 0 aliphatic carbocycles. The molecule has 0 saturated heterocycles. The van der Waals surface area contributed by atoms with Gasteiger partial charge in [0.2, 0.25) is 0 Å². The third-order valence-electron chi connectivity index (χ3n) is 8.14. The summed E-state index contributed by atoms with van der Waals surface area (Å²) in [4.78, 5) is 28.0. The van der Waals surface area contributed by atoms with Gasteiger partial charge in [0, 0.05) is 62.7 Å². The van der Waals surface area contributed by atoms with Crippen LogP contribution < -0.4 is 19.7 Å². The second kappa shape index (κ2) is 15.1. The van der Waals surface area contributed by atoms with Crippen LogP contribution in [0.4, 0.5) is 10.1 Å². The molecule has 0 fully saturated rings. The largest absolute Gasteiger partial charge is 0.491 e. The quantitative estimate of drug-likeness (QED) is 0.143. The number of benzene rings is 4. The van der Waals surface area contributed by atoms with E-state index in [1.54, 1.807) is 53.7 Å². The second-order valence-corrected chi connectivity index (χ2v) is 14.1.